The summed E-state index contributed by atoms with van der Waals surface area (Å²) in [6.45, 7) is 4.88. The molecular weight excluding hydrogens is 428 g/mol. The third kappa shape index (κ3) is 7.19. The van der Waals surface area contributed by atoms with E-state index in [2.05, 4.69) is 16.1 Å². The van der Waals surface area contributed by atoms with Gasteiger partial charge in [-0.25, -0.2) is 9.13 Å². The van der Waals surface area contributed by atoms with Gasteiger partial charge >= 0.3 is 5.97 Å². The van der Waals surface area contributed by atoms with Crippen LogP contribution in [0.25, 0.3) is 11.1 Å². The number of carbonyl (C=O) groups is 1. The first-order chi connectivity index (χ1) is 12.5. The Kier molecular flexibility index (Phi) is 9.82. The number of thiophene rings is 1. The van der Waals surface area contributed by atoms with Gasteiger partial charge in [0.05, 0.1) is 20.2 Å². The van der Waals surface area contributed by atoms with Gasteiger partial charge in [-0.15, -0.1) is 11.3 Å². The summed E-state index contributed by atoms with van der Waals surface area (Å²) in [5, 5.41) is 11.7. The molecule has 0 amide bonds. The molecule has 7 heteroatoms. The number of nitrogens with zero attached hydrogens (tertiary/aromatic N) is 2. The first-order valence-corrected chi connectivity index (χ1v) is 9.33. The van der Waals surface area contributed by atoms with Crippen molar-refractivity contribution in [1.82, 2.24) is 4.57 Å². The van der Waals surface area contributed by atoms with Crippen LogP contribution in [0.5, 0.6) is 5.06 Å². The number of ether oxygens (including phenoxy) is 1. The van der Waals surface area contributed by atoms with Gasteiger partial charge in [-0.3, -0.25) is 4.79 Å². The van der Waals surface area contributed by atoms with E-state index in [0.29, 0.717) is 11.7 Å². The van der Waals surface area contributed by atoms with Crippen LogP contribution in [0.15, 0.2) is 54.2 Å². The molecule has 0 radical (unpaired) electrons. The van der Waals surface area contributed by atoms with Crippen LogP contribution in [0, 0.1) is 6.92 Å². The molecule has 27 heavy (non-hydrogen) atoms. The van der Waals surface area contributed by atoms with Crippen LogP contribution >= 0.6 is 11.3 Å². The largest absolute Gasteiger partial charge is 1.00 e. The van der Waals surface area contributed by atoms with E-state index in [4.69, 9.17) is 4.74 Å². The molecule has 0 aliphatic heterocycles. The fourth-order valence-corrected chi connectivity index (χ4v) is 3.07. The Balaban J connectivity index is 0.000000262. The number of halogens is 1. The second kappa shape index (κ2) is 11.6. The number of carbonyl (C=O) groups excluding carboxylic acids is 1. The van der Waals surface area contributed by atoms with E-state index in [-0.39, 0.29) is 23.0 Å². The summed E-state index contributed by atoms with van der Waals surface area (Å²) in [5.41, 5.74) is 1.98. The van der Waals surface area contributed by atoms with E-state index < -0.39 is 0 Å². The Morgan fingerprint density at radius 3 is 2.48 bits per heavy atom. The van der Waals surface area contributed by atoms with Crippen molar-refractivity contribution in [2.45, 2.75) is 26.8 Å². The molecule has 0 saturated heterocycles. The molecule has 3 rings (SSSR count). The summed E-state index contributed by atoms with van der Waals surface area (Å²) in [5.74, 6) is 0.993. The van der Waals surface area contributed by atoms with Crippen LogP contribution < -0.4 is 21.5 Å². The van der Waals surface area contributed by atoms with Gasteiger partial charge < -0.3 is 26.8 Å². The van der Waals surface area contributed by atoms with Gasteiger partial charge in [0.25, 0.3) is 5.82 Å². The maximum Gasteiger partial charge on any atom is 0.302 e. The lowest BCUT2D eigenvalue weighted by molar-refractivity contribution is -0.677. The lowest BCUT2D eigenvalue weighted by atomic mass is 10.1. The minimum absolute atomic E-state index is 0. The summed E-state index contributed by atoms with van der Waals surface area (Å²) < 4.78 is 9.05. The standard InChI is InChI=1S/C10H17N2O2.C10H8OS.BrH/c1-9-11(3)6-7-12(9)5-4-8-14-10(2)13;11-10-9(6-7-12-10)8-4-2-1-3-5-8;/h6-7H,4-5,8H2,1-3H3;1-7,11H;1H/q+1;;/p-1. The van der Waals surface area contributed by atoms with Crippen molar-refractivity contribution >= 4 is 17.3 Å². The first kappa shape index (κ1) is 22.9. The van der Waals surface area contributed by atoms with Crippen molar-refractivity contribution in [3.8, 4) is 16.2 Å². The van der Waals surface area contributed by atoms with Gasteiger partial charge in [0.2, 0.25) is 0 Å². The van der Waals surface area contributed by atoms with Crippen LogP contribution in [0.3, 0.4) is 0 Å². The maximum atomic E-state index is 10.5. The molecule has 2 aromatic heterocycles. The number of aryl methyl sites for hydroxylation is 2. The molecule has 0 bridgehead atoms. The van der Waals surface area contributed by atoms with Gasteiger partial charge in [0.15, 0.2) is 5.06 Å². The molecule has 3 aromatic rings. The lowest BCUT2D eigenvalue weighted by Crippen LogP contribution is -3.00. The van der Waals surface area contributed by atoms with E-state index in [1.165, 1.54) is 24.1 Å². The second-order valence-corrected chi connectivity index (χ2v) is 6.74. The fraction of sp³-hybridized carbons (Fsp3) is 0.300. The average molecular weight is 453 g/mol. The zero-order chi connectivity index (χ0) is 18.9. The number of rotatable bonds is 5. The molecule has 0 aliphatic rings. The van der Waals surface area contributed by atoms with Crippen molar-refractivity contribution in [2.24, 2.45) is 7.05 Å². The van der Waals surface area contributed by atoms with Crippen molar-refractivity contribution in [3.05, 3.63) is 60.0 Å². The molecule has 0 unspecified atom stereocenters. The van der Waals surface area contributed by atoms with E-state index in [0.717, 1.165) is 24.1 Å². The predicted octanol–water partition coefficient (Wildman–Crippen LogP) is 0.699. The highest BCUT2D eigenvalue weighted by Crippen LogP contribution is 2.33. The maximum absolute atomic E-state index is 10.5. The topological polar surface area (TPSA) is 55.3 Å². The summed E-state index contributed by atoms with van der Waals surface area (Å²) >= 11 is 1.35. The number of aromatic hydroxyl groups is 1. The summed E-state index contributed by atoms with van der Waals surface area (Å²) in [4.78, 5) is 10.5. The number of hydrogen-bond donors (Lipinski definition) is 1. The van der Waals surface area contributed by atoms with Crippen molar-refractivity contribution in [3.63, 3.8) is 0 Å². The highest BCUT2D eigenvalue weighted by molar-refractivity contribution is 7.12. The molecule has 0 atom stereocenters. The quantitative estimate of drug-likeness (QED) is 0.352. The van der Waals surface area contributed by atoms with E-state index in [9.17, 15) is 9.90 Å². The van der Waals surface area contributed by atoms with Crippen LogP contribution in [0.1, 0.15) is 19.2 Å². The molecule has 2 heterocycles. The van der Waals surface area contributed by atoms with Gasteiger partial charge in [-0.05, 0) is 17.0 Å². The van der Waals surface area contributed by atoms with E-state index in [1.54, 1.807) is 0 Å². The molecule has 0 aliphatic carbocycles. The minimum Gasteiger partial charge on any atom is -1.00 e. The first-order valence-electron chi connectivity index (χ1n) is 8.45. The number of aromatic nitrogens is 2. The zero-order valence-corrected chi connectivity index (χ0v) is 18.2. The number of hydrogen-bond acceptors (Lipinski definition) is 4. The highest BCUT2D eigenvalue weighted by atomic mass is 79.9. The molecule has 0 fully saturated rings. The zero-order valence-electron chi connectivity index (χ0n) is 15.8. The Hall–Kier alpha value is -2.12. The Bertz CT molecular complexity index is 831. The molecule has 1 aromatic carbocycles. The number of esters is 1. The Morgan fingerprint density at radius 2 is 1.96 bits per heavy atom. The normalized spacial score (nSPS) is 9.74. The third-order valence-electron chi connectivity index (χ3n) is 3.97. The van der Waals surface area contributed by atoms with Crippen LogP contribution in [0.2, 0.25) is 0 Å². The summed E-state index contributed by atoms with van der Waals surface area (Å²) in [6.07, 6.45) is 4.90. The van der Waals surface area contributed by atoms with Gasteiger partial charge in [-0.1, -0.05) is 30.3 Å². The molecule has 0 spiro atoms. The number of imidazole rings is 1. The monoisotopic (exact) mass is 452 g/mol. The van der Waals surface area contributed by atoms with Crippen molar-refractivity contribution < 1.29 is 36.2 Å². The molecule has 5 nitrogen and oxygen atoms in total. The van der Waals surface area contributed by atoms with E-state index in [1.807, 2.05) is 61.2 Å². The van der Waals surface area contributed by atoms with Crippen LogP contribution in [0.4, 0.5) is 0 Å². The molecule has 146 valence electrons. The fourth-order valence-electron chi connectivity index (χ4n) is 2.42. The molecule has 0 saturated carbocycles. The summed E-state index contributed by atoms with van der Waals surface area (Å²) in [6, 6.07) is 11.8. The van der Waals surface area contributed by atoms with Crippen molar-refractivity contribution in [1.29, 1.82) is 0 Å². The smallest absolute Gasteiger partial charge is 0.302 e. The second-order valence-electron chi connectivity index (χ2n) is 5.85. The van der Waals surface area contributed by atoms with Gasteiger partial charge in [-0.2, -0.15) is 0 Å². The van der Waals surface area contributed by atoms with Crippen LogP contribution in [-0.4, -0.2) is 22.2 Å². The number of benzene rings is 1. The lowest BCUT2D eigenvalue weighted by Gasteiger charge is -2.00. The van der Waals surface area contributed by atoms with Crippen LogP contribution in [-0.2, 0) is 23.1 Å². The Morgan fingerprint density at radius 1 is 1.26 bits per heavy atom. The van der Waals surface area contributed by atoms with Crippen molar-refractivity contribution in [2.75, 3.05) is 6.61 Å². The third-order valence-corrected chi connectivity index (χ3v) is 4.69. The van der Waals surface area contributed by atoms with Gasteiger partial charge in [0, 0.05) is 25.8 Å². The molecule has 1 N–H and O–H groups in total. The van der Waals surface area contributed by atoms with E-state index >= 15 is 0 Å². The van der Waals surface area contributed by atoms with Gasteiger partial charge in [0.1, 0.15) is 12.4 Å². The molecular formula is C20H25BrN2O3S. The Labute approximate surface area is 174 Å². The minimum atomic E-state index is -0.209. The average Bonchev–Trinajstić information content (AvgIpc) is 3.20. The highest BCUT2D eigenvalue weighted by Gasteiger charge is 2.07. The SMILES string of the molecule is CC(=O)OCCCn1cc[n+](C)c1C.Oc1sccc1-c1ccccc1.[Br-]. The summed E-state index contributed by atoms with van der Waals surface area (Å²) in [7, 11) is 2.01. The predicted molar refractivity (Wildman–Crippen MR) is 103 cm³/mol.